The molecule has 5 heteroatoms. The first-order valence-corrected chi connectivity index (χ1v) is 11.0. The predicted octanol–water partition coefficient (Wildman–Crippen LogP) is 4.89. The van der Waals surface area contributed by atoms with E-state index in [4.69, 9.17) is 0 Å². The first-order chi connectivity index (χ1) is 14.7. The van der Waals surface area contributed by atoms with Crippen molar-refractivity contribution in [2.45, 2.75) is 30.0 Å². The highest BCUT2D eigenvalue weighted by molar-refractivity contribution is 8.02. The van der Waals surface area contributed by atoms with E-state index < -0.39 is 5.25 Å². The summed E-state index contributed by atoms with van der Waals surface area (Å²) in [7, 11) is 0. The van der Waals surface area contributed by atoms with Crippen LogP contribution in [0.2, 0.25) is 0 Å². The van der Waals surface area contributed by atoms with Crippen molar-refractivity contribution in [3.8, 4) is 0 Å². The fraction of sp³-hybridized carbons (Fsp3) is 0.160. The fourth-order valence-corrected chi connectivity index (χ4v) is 5.31. The SMILES string of the molecule is CCc1ccc(N2C(=O)C3Sc4ccccc4C3=[N+](Cc3ccccc3)C2=O)cc1. The number of aryl methyl sites for hydroxylation is 1. The monoisotopic (exact) mass is 413 g/mol. The lowest BCUT2D eigenvalue weighted by Gasteiger charge is -2.24. The molecule has 3 aromatic carbocycles. The van der Waals surface area contributed by atoms with Gasteiger partial charge in [-0.15, -0.1) is 16.7 Å². The van der Waals surface area contributed by atoms with E-state index in [9.17, 15) is 9.59 Å². The Labute approximate surface area is 179 Å². The molecule has 0 bridgehead atoms. The number of thioether (sulfide) groups is 1. The average molecular weight is 414 g/mol. The molecule has 0 radical (unpaired) electrons. The summed E-state index contributed by atoms with van der Waals surface area (Å²) < 4.78 is 1.77. The van der Waals surface area contributed by atoms with Crippen LogP contribution >= 0.6 is 11.8 Å². The van der Waals surface area contributed by atoms with Gasteiger partial charge in [0.1, 0.15) is 17.9 Å². The molecular formula is C25H21N2O2S+. The van der Waals surface area contributed by atoms with E-state index >= 15 is 0 Å². The molecule has 148 valence electrons. The molecule has 0 aromatic heterocycles. The molecule has 3 aromatic rings. The van der Waals surface area contributed by atoms with Gasteiger partial charge in [-0.25, -0.2) is 4.79 Å². The number of carbonyl (C=O) groups excluding carboxylic acids is 2. The summed E-state index contributed by atoms with van der Waals surface area (Å²) >= 11 is 1.53. The quantitative estimate of drug-likeness (QED) is 0.572. The molecular weight excluding hydrogens is 392 g/mol. The number of carbonyl (C=O) groups is 2. The van der Waals surface area contributed by atoms with Crippen molar-refractivity contribution in [3.05, 3.63) is 95.6 Å². The highest BCUT2D eigenvalue weighted by atomic mass is 32.2. The number of hydrogen-bond acceptors (Lipinski definition) is 3. The maximum Gasteiger partial charge on any atom is 0.506 e. The lowest BCUT2D eigenvalue weighted by Crippen LogP contribution is -2.55. The summed E-state index contributed by atoms with van der Waals surface area (Å²) in [6.45, 7) is 2.51. The minimum atomic E-state index is -0.422. The molecule has 4 nitrogen and oxygen atoms in total. The molecule has 2 aliphatic rings. The first kappa shape index (κ1) is 18.8. The molecule has 0 spiro atoms. The average Bonchev–Trinajstić information content (AvgIpc) is 3.18. The van der Waals surface area contributed by atoms with E-state index in [-0.39, 0.29) is 11.9 Å². The van der Waals surface area contributed by atoms with Crippen LogP contribution in [0.3, 0.4) is 0 Å². The van der Waals surface area contributed by atoms with Crippen LogP contribution in [0, 0.1) is 0 Å². The molecule has 2 aliphatic heterocycles. The second-order valence-corrected chi connectivity index (χ2v) is 8.57. The van der Waals surface area contributed by atoms with E-state index in [0.29, 0.717) is 12.2 Å². The number of fused-ring (bicyclic) bond motifs is 3. The molecule has 30 heavy (non-hydrogen) atoms. The number of urea groups is 1. The van der Waals surface area contributed by atoms with Crippen molar-refractivity contribution in [3.63, 3.8) is 0 Å². The third-order valence-electron chi connectivity index (χ3n) is 5.60. The number of benzene rings is 3. The van der Waals surface area contributed by atoms with Crippen LogP contribution in [0.1, 0.15) is 23.6 Å². The Bertz CT molecular complexity index is 1170. The zero-order valence-corrected chi connectivity index (χ0v) is 17.4. The summed E-state index contributed by atoms with van der Waals surface area (Å²) in [4.78, 5) is 29.5. The third kappa shape index (κ3) is 3.06. The van der Waals surface area contributed by atoms with Gasteiger partial charge in [0.2, 0.25) is 0 Å². The minimum Gasteiger partial charge on any atom is -0.244 e. The van der Waals surface area contributed by atoms with Gasteiger partial charge in [0, 0.05) is 10.5 Å². The standard InChI is InChI=1S/C25H21N2O2S/c1-2-17-12-14-19(15-13-17)27-24(28)23-22(20-10-6-7-11-21(20)30-23)26(25(27)29)16-18-8-4-3-5-9-18/h3-15,23H,2,16H2,1H3/q+1. The maximum atomic E-state index is 13.6. The zero-order valence-electron chi connectivity index (χ0n) is 16.6. The molecule has 3 amide bonds. The van der Waals surface area contributed by atoms with Gasteiger partial charge in [-0.1, -0.05) is 61.5 Å². The van der Waals surface area contributed by atoms with Crippen molar-refractivity contribution >= 4 is 35.1 Å². The minimum absolute atomic E-state index is 0.176. The highest BCUT2D eigenvalue weighted by Crippen LogP contribution is 2.41. The summed E-state index contributed by atoms with van der Waals surface area (Å²) in [6, 6.07) is 25.3. The van der Waals surface area contributed by atoms with Crippen molar-refractivity contribution in [2.24, 2.45) is 0 Å². The summed E-state index contributed by atoms with van der Waals surface area (Å²) in [5.41, 5.74) is 4.60. The van der Waals surface area contributed by atoms with Crippen LogP contribution in [-0.4, -0.2) is 27.5 Å². The van der Waals surface area contributed by atoms with E-state index in [1.54, 1.807) is 4.58 Å². The topological polar surface area (TPSA) is 40.4 Å². The van der Waals surface area contributed by atoms with Gasteiger partial charge in [-0.05, 0) is 41.8 Å². The predicted molar refractivity (Wildman–Crippen MR) is 119 cm³/mol. The van der Waals surface area contributed by atoms with Gasteiger partial charge >= 0.3 is 11.9 Å². The van der Waals surface area contributed by atoms with Crippen molar-refractivity contribution < 1.29 is 14.2 Å². The number of imide groups is 1. The Morgan fingerprint density at radius 2 is 1.57 bits per heavy atom. The molecule has 2 heterocycles. The smallest absolute Gasteiger partial charge is 0.244 e. The zero-order chi connectivity index (χ0) is 20.7. The molecule has 0 saturated heterocycles. The van der Waals surface area contributed by atoms with Gasteiger partial charge in [0.25, 0.3) is 0 Å². The molecule has 0 saturated carbocycles. The molecule has 0 aliphatic carbocycles. The largest absolute Gasteiger partial charge is 0.506 e. The maximum absolute atomic E-state index is 13.6. The Hall–Kier alpha value is -3.18. The van der Waals surface area contributed by atoms with Crippen molar-refractivity contribution in [1.82, 2.24) is 0 Å². The third-order valence-corrected chi connectivity index (χ3v) is 6.87. The Morgan fingerprint density at radius 3 is 2.30 bits per heavy atom. The van der Waals surface area contributed by atoms with Crippen molar-refractivity contribution in [2.75, 3.05) is 4.90 Å². The molecule has 1 atom stereocenters. The van der Waals surface area contributed by atoms with E-state index in [1.165, 1.54) is 22.2 Å². The Morgan fingerprint density at radius 1 is 0.867 bits per heavy atom. The summed E-state index contributed by atoms with van der Waals surface area (Å²) in [6.07, 6.45) is 0.911. The number of rotatable bonds is 4. The summed E-state index contributed by atoms with van der Waals surface area (Å²) in [5, 5.41) is -0.422. The molecule has 0 fully saturated rings. The van der Waals surface area contributed by atoms with Crippen LogP contribution in [-0.2, 0) is 17.8 Å². The van der Waals surface area contributed by atoms with Gasteiger partial charge in [0.05, 0.1) is 0 Å². The Kier molecular flexibility index (Phi) is 4.75. The van der Waals surface area contributed by atoms with Crippen LogP contribution in [0.5, 0.6) is 0 Å². The van der Waals surface area contributed by atoms with E-state index in [0.717, 1.165) is 28.2 Å². The fourth-order valence-electron chi connectivity index (χ4n) is 4.03. The lowest BCUT2D eigenvalue weighted by atomic mass is 10.0. The van der Waals surface area contributed by atoms with Crippen LogP contribution in [0.25, 0.3) is 0 Å². The van der Waals surface area contributed by atoms with E-state index in [2.05, 4.69) is 6.92 Å². The van der Waals surface area contributed by atoms with Gasteiger partial charge in [-0.2, -0.15) is 9.37 Å². The molecule has 5 rings (SSSR count). The normalized spacial score (nSPS) is 17.9. The van der Waals surface area contributed by atoms with Gasteiger partial charge in [0.15, 0.2) is 5.25 Å². The van der Waals surface area contributed by atoms with Crippen LogP contribution in [0.4, 0.5) is 10.5 Å². The van der Waals surface area contributed by atoms with Gasteiger partial charge < -0.3 is 0 Å². The first-order valence-electron chi connectivity index (χ1n) is 10.1. The number of hydrogen-bond donors (Lipinski definition) is 0. The second kappa shape index (κ2) is 7.58. The van der Waals surface area contributed by atoms with E-state index in [1.807, 2.05) is 78.9 Å². The van der Waals surface area contributed by atoms with Crippen LogP contribution in [0.15, 0.2) is 83.8 Å². The van der Waals surface area contributed by atoms with Crippen LogP contribution < -0.4 is 4.90 Å². The lowest BCUT2D eigenvalue weighted by molar-refractivity contribution is -0.444. The van der Waals surface area contributed by atoms with Crippen molar-refractivity contribution in [1.29, 1.82) is 0 Å². The highest BCUT2D eigenvalue weighted by Gasteiger charge is 2.53. The summed E-state index contributed by atoms with van der Waals surface area (Å²) in [5.74, 6) is -0.176. The number of anilines is 1. The van der Waals surface area contributed by atoms with Gasteiger partial charge in [-0.3, -0.25) is 0 Å². The number of amides is 3. The number of nitrogens with zero attached hydrogens (tertiary/aromatic N) is 2. The Balaban J connectivity index is 1.65. The second-order valence-electron chi connectivity index (χ2n) is 7.43. The molecule has 1 unspecified atom stereocenters. The molecule has 0 N–H and O–H groups in total.